The second-order valence-corrected chi connectivity index (χ2v) is 6.80. The van der Waals surface area contributed by atoms with Gasteiger partial charge in [0.2, 0.25) is 5.88 Å². The summed E-state index contributed by atoms with van der Waals surface area (Å²) in [4.78, 5) is 44.8. The second-order valence-electron chi connectivity index (χ2n) is 5.78. The molecule has 0 bridgehead atoms. The molecule has 2 aromatic heterocycles. The maximum absolute atomic E-state index is 12.4. The van der Waals surface area contributed by atoms with E-state index in [4.69, 9.17) is 14.2 Å². The van der Waals surface area contributed by atoms with Crippen molar-refractivity contribution < 1.29 is 28.6 Å². The molecule has 9 nitrogen and oxygen atoms in total. The van der Waals surface area contributed by atoms with E-state index in [-0.39, 0.29) is 27.9 Å². The van der Waals surface area contributed by atoms with E-state index in [0.29, 0.717) is 16.5 Å². The van der Waals surface area contributed by atoms with Crippen LogP contribution in [-0.2, 0) is 14.3 Å². The number of hydrogen-bond acceptors (Lipinski definition) is 9. The normalized spacial score (nSPS) is 10.4. The number of hydrogen-bond donors (Lipinski definition) is 1. The molecule has 0 aliphatic heterocycles. The number of carbonyl (C=O) groups excluding carboxylic acids is 3. The molecule has 2 heterocycles. The fourth-order valence-electron chi connectivity index (χ4n) is 2.63. The van der Waals surface area contributed by atoms with Crippen molar-refractivity contribution in [1.29, 1.82) is 0 Å². The highest BCUT2D eigenvalue weighted by Crippen LogP contribution is 2.34. The van der Waals surface area contributed by atoms with Crippen LogP contribution < -0.4 is 10.1 Å². The van der Waals surface area contributed by atoms with Gasteiger partial charge < -0.3 is 19.5 Å². The maximum atomic E-state index is 12.4. The number of thiophene rings is 1. The monoisotopic (exact) mass is 415 g/mol. The molecule has 0 saturated heterocycles. The molecule has 29 heavy (non-hydrogen) atoms. The van der Waals surface area contributed by atoms with E-state index in [1.54, 1.807) is 19.1 Å². The molecular weight excluding hydrogens is 398 g/mol. The van der Waals surface area contributed by atoms with Gasteiger partial charge in [0.05, 0.1) is 30.7 Å². The van der Waals surface area contributed by atoms with Gasteiger partial charge in [0.25, 0.3) is 5.91 Å². The van der Waals surface area contributed by atoms with Crippen molar-refractivity contribution in [3.8, 4) is 5.88 Å². The average molecular weight is 415 g/mol. The smallest absolute Gasteiger partial charge is 0.348 e. The lowest BCUT2D eigenvalue weighted by Gasteiger charge is -2.08. The number of nitrogens with zero attached hydrogens (tertiary/aromatic N) is 2. The van der Waals surface area contributed by atoms with Gasteiger partial charge in [-0.3, -0.25) is 4.79 Å². The van der Waals surface area contributed by atoms with E-state index in [1.807, 2.05) is 12.1 Å². The summed E-state index contributed by atoms with van der Waals surface area (Å²) in [6, 6.07) is 7.22. The molecule has 1 aromatic carbocycles. The Kier molecular flexibility index (Phi) is 6.03. The zero-order valence-corrected chi connectivity index (χ0v) is 16.7. The number of benzene rings is 1. The van der Waals surface area contributed by atoms with Crippen LogP contribution in [0.4, 0.5) is 5.00 Å². The van der Waals surface area contributed by atoms with Gasteiger partial charge in [0.15, 0.2) is 6.61 Å². The third-order valence-electron chi connectivity index (χ3n) is 4.01. The summed E-state index contributed by atoms with van der Waals surface area (Å²) in [6.07, 6.45) is 1.34. The largest absolute Gasteiger partial charge is 0.467 e. The number of methoxy groups -OCH3 is 2. The van der Waals surface area contributed by atoms with E-state index in [2.05, 4.69) is 15.3 Å². The molecule has 0 radical (unpaired) electrons. The number of nitrogens with one attached hydrogen (secondary N) is 1. The lowest BCUT2D eigenvalue weighted by Crippen LogP contribution is -2.21. The van der Waals surface area contributed by atoms with Gasteiger partial charge in [-0.15, -0.1) is 11.3 Å². The van der Waals surface area contributed by atoms with Crippen LogP contribution in [0.1, 0.15) is 25.6 Å². The highest BCUT2D eigenvalue weighted by atomic mass is 32.1. The average Bonchev–Trinajstić information content (AvgIpc) is 3.06. The van der Waals surface area contributed by atoms with Crippen LogP contribution in [0.3, 0.4) is 0 Å². The van der Waals surface area contributed by atoms with Crippen LogP contribution in [0.2, 0.25) is 0 Å². The molecule has 3 aromatic rings. The van der Waals surface area contributed by atoms with Crippen LogP contribution in [0.15, 0.2) is 30.6 Å². The maximum Gasteiger partial charge on any atom is 0.348 e. The molecule has 0 fully saturated rings. The summed E-state index contributed by atoms with van der Waals surface area (Å²) in [7, 11) is 2.45. The SMILES string of the molecule is COC(=O)c1sc(NC(=O)COc2ncnc3ccccc23)c(C(=O)OC)c1C. The first-order valence-corrected chi connectivity index (χ1v) is 9.20. The predicted octanol–water partition coefficient (Wildman–Crippen LogP) is 2.59. The minimum atomic E-state index is -0.674. The van der Waals surface area contributed by atoms with E-state index < -0.39 is 17.8 Å². The molecule has 0 aliphatic rings. The lowest BCUT2D eigenvalue weighted by molar-refractivity contribution is -0.118. The van der Waals surface area contributed by atoms with Crippen LogP contribution in [-0.4, -0.2) is 48.6 Å². The van der Waals surface area contributed by atoms with Gasteiger partial charge in [-0.1, -0.05) is 12.1 Å². The number of ether oxygens (including phenoxy) is 3. The van der Waals surface area contributed by atoms with Crippen LogP contribution in [0.5, 0.6) is 5.88 Å². The minimum absolute atomic E-state index is 0.0961. The number of fused-ring (bicyclic) bond motifs is 1. The van der Waals surface area contributed by atoms with E-state index in [0.717, 1.165) is 11.3 Å². The zero-order valence-electron chi connectivity index (χ0n) is 15.8. The first-order chi connectivity index (χ1) is 14.0. The molecule has 1 amide bonds. The summed E-state index contributed by atoms with van der Waals surface area (Å²) >= 11 is 0.927. The molecule has 3 rings (SSSR count). The summed E-state index contributed by atoms with van der Waals surface area (Å²) in [5, 5.41) is 3.43. The number of rotatable bonds is 6. The molecule has 1 N–H and O–H groups in total. The lowest BCUT2D eigenvalue weighted by atomic mass is 10.1. The molecule has 0 aliphatic carbocycles. The minimum Gasteiger partial charge on any atom is -0.467 e. The topological polar surface area (TPSA) is 117 Å². The van der Waals surface area contributed by atoms with Crippen LogP contribution in [0.25, 0.3) is 10.9 Å². The van der Waals surface area contributed by atoms with Gasteiger partial charge >= 0.3 is 11.9 Å². The van der Waals surface area contributed by atoms with Crippen molar-refractivity contribution in [3.63, 3.8) is 0 Å². The van der Waals surface area contributed by atoms with Crippen molar-refractivity contribution in [2.45, 2.75) is 6.92 Å². The Morgan fingerprint density at radius 1 is 1.07 bits per heavy atom. The van der Waals surface area contributed by atoms with Gasteiger partial charge in [-0.25, -0.2) is 19.6 Å². The standard InChI is InChI=1S/C19H17N3O6S/c1-10-14(18(24)26-2)17(29-15(10)19(25)27-3)22-13(23)8-28-16-11-6-4-5-7-12(11)20-9-21-16/h4-7,9H,8H2,1-3H3,(H,22,23). The van der Waals surface area contributed by atoms with Crippen LogP contribution >= 0.6 is 11.3 Å². The number of amides is 1. The van der Waals surface area contributed by atoms with Gasteiger partial charge in [0.1, 0.15) is 16.2 Å². The highest BCUT2D eigenvalue weighted by Gasteiger charge is 2.26. The summed E-state index contributed by atoms with van der Waals surface area (Å²) in [5.74, 6) is -1.55. The van der Waals surface area contributed by atoms with Crippen LogP contribution in [0, 0.1) is 6.92 Å². The zero-order chi connectivity index (χ0) is 21.0. The van der Waals surface area contributed by atoms with Gasteiger partial charge in [-0.05, 0) is 24.6 Å². The van der Waals surface area contributed by atoms with E-state index in [9.17, 15) is 14.4 Å². The predicted molar refractivity (Wildman–Crippen MR) is 105 cm³/mol. The van der Waals surface area contributed by atoms with Crippen molar-refractivity contribution in [3.05, 3.63) is 46.6 Å². The number of esters is 2. The number of para-hydroxylation sites is 1. The van der Waals surface area contributed by atoms with Crippen molar-refractivity contribution in [1.82, 2.24) is 9.97 Å². The molecule has 0 atom stereocenters. The Hall–Kier alpha value is -3.53. The van der Waals surface area contributed by atoms with Gasteiger partial charge in [0, 0.05) is 0 Å². The molecule has 0 spiro atoms. The highest BCUT2D eigenvalue weighted by molar-refractivity contribution is 7.18. The molecular formula is C19H17N3O6S. The molecule has 10 heteroatoms. The first kappa shape index (κ1) is 20.2. The fourth-order valence-corrected chi connectivity index (χ4v) is 3.76. The van der Waals surface area contributed by atoms with E-state index in [1.165, 1.54) is 20.5 Å². The fraction of sp³-hybridized carbons (Fsp3) is 0.211. The Morgan fingerprint density at radius 3 is 2.52 bits per heavy atom. The summed E-state index contributed by atoms with van der Waals surface area (Å²) in [5.41, 5.74) is 1.15. The number of aromatic nitrogens is 2. The second kappa shape index (κ2) is 8.65. The summed E-state index contributed by atoms with van der Waals surface area (Å²) in [6.45, 7) is 1.22. The summed E-state index contributed by atoms with van der Waals surface area (Å²) < 4.78 is 15.0. The van der Waals surface area contributed by atoms with Gasteiger partial charge in [-0.2, -0.15) is 0 Å². The first-order valence-electron chi connectivity index (χ1n) is 8.38. The number of carbonyl (C=O) groups is 3. The molecule has 0 unspecified atom stereocenters. The third kappa shape index (κ3) is 4.16. The number of anilines is 1. The quantitative estimate of drug-likeness (QED) is 0.611. The Bertz CT molecular complexity index is 1090. The van der Waals surface area contributed by atoms with Crippen molar-refractivity contribution in [2.75, 3.05) is 26.1 Å². The Balaban J connectivity index is 1.79. The van der Waals surface area contributed by atoms with E-state index >= 15 is 0 Å². The van der Waals surface area contributed by atoms with Crippen molar-refractivity contribution >= 4 is 45.1 Å². The third-order valence-corrected chi connectivity index (χ3v) is 5.19. The Labute approximate surface area is 169 Å². The Morgan fingerprint density at radius 2 is 1.79 bits per heavy atom. The molecule has 150 valence electrons. The van der Waals surface area contributed by atoms with Crippen molar-refractivity contribution in [2.24, 2.45) is 0 Å². The molecule has 0 saturated carbocycles.